The van der Waals surface area contributed by atoms with E-state index in [0.29, 0.717) is 13.1 Å². The van der Waals surface area contributed by atoms with E-state index in [4.69, 9.17) is 0 Å². The van der Waals surface area contributed by atoms with E-state index < -0.39 is 11.6 Å². The number of aryl methyl sites for hydroxylation is 1. The molecule has 1 aliphatic heterocycles. The zero-order chi connectivity index (χ0) is 18.3. The highest BCUT2D eigenvalue weighted by Gasteiger charge is 2.29. The number of pyridine rings is 1. The molecule has 26 heavy (non-hydrogen) atoms. The number of amides is 1. The summed E-state index contributed by atoms with van der Waals surface area (Å²) >= 11 is 0. The highest BCUT2D eigenvalue weighted by Crippen LogP contribution is 2.31. The number of hydrogen-bond acceptors (Lipinski definition) is 3. The Hall–Kier alpha value is -2.83. The maximum absolute atomic E-state index is 13.4. The molecule has 4 rings (SSSR count). The van der Waals surface area contributed by atoms with Crippen molar-refractivity contribution in [3.8, 4) is 0 Å². The molecule has 3 heterocycles. The monoisotopic (exact) mass is 356 g/mol. The van der Waals surface area contributed by atoms with Gasteiger partial charge in [-0.1, -0.05) is 0 Å². The molecule has 0 bridgehead atoms. The van der Waals surface area contributed by atoms with Gasteiger partial charge in [-0.15, -0.1) is 0 Å². The Balaban J connectivity index is 1.62. The van der Waals surface area contributed by atoms with Gasteiger partial charge >= 0.3 is 0 Å². The summed E-state index contributed by atoms with van der Waals surface area (Å²) in [5.74, 6) is -1.78. The van der Waals surface area contributed by atoms with E-state index in [9.17, 15) is 13.6 Å². The molecule has 1 fully saturated rings. The van der Waals surface area contributed by atoms with Crippen LogP contribution in [0.2, 0.25) is 0 Å². The Morgan fingerprint density at radius 3 is 2.77 bits per heavy atom. The second-order valence-electron chi connectivity index (χ2n) is 6.63. The second-order valence-corrected chi connectivity index (χ2v) is 6.63. The summed E-state index contributed by atoms with van der Waals surface area (Å²) in [4.78, 5) is 18.7. The fourth-order valence-corrected chi connectivity index (χ4v) is 3.66. The molecule has 0 unspecified atom stereocenters. The van der Waals surface area contributed by atoms with Gasteiger partial charge < -0.3 is 4.90 Å². The number of nitrogens with zero attached hydrogens (tertiary/aromatic N) is 4. The van der Waals surface area contributed by atoms with Gasteiger partial charge in [0, 0.05) is 49.3 Å². The van der Waals surface area contributed by atoms with Crippen molar-refractivity contribution in [3.63, 3.8) is 0 Å². The van der Waals surface area contributed by atoms with Crippen LogP contribution < -0.4 is 0 Å². The first-order chi connectivity index (χ1) is 12.5. The Bertz CT molecular complexity index is 965. The molecule has 1 atom stereocenters. The Morgan fingerprint density at radius 1 is 1.23 bits per heavy atom. The molecule has 2 aromatic heterocycles. The number of carbonyl (C=O) groups is 1. The molecule has 1 aromatic carbocycles. The predicted molar refractivity (Wildman–Crippen MR) is 92.7 cm³/mol. The summed E-state index contributed by atoms with van der Waals surface area (Å²) < 4.78 is 28.6. The van der Waals surface area contributed by atoms with Crippen LogP contribution in [0.15, 0.2) is 36.5 Å². The van der Waals surface area contributed by atoms with E-state index in [1.165, 1.54) is 0 Å². The lowest BCUT2D eigenvalue weighted by molar-refractivity contribution is 0.0705. The average molecular weight is 356 g/mol. The third kappa shape index (κ3) is 2.94. The van der Waals surface area contributed by atoms with Crippen molar-refractivity contribution >= 4 is 16.9 Å². The number of piperidine rings is 1. The summed E-state index contributed by atoms with van der Waals surface area (Å²) in [6.07, 6.45) is 3.44. The lowest BCUT2D eigenvalue weighted by Gasteiger charge is -2.32. The normalized spacial score (nSPS) is 17.7. The number of benzene rings is 1. The number of fused-ring (bicyclic) bond motifs is 1. The minimum absolute atomic E-state index is 0.0377. The lowest BCUT2D eigenvalue weighted by Crippen LogP contribution is -2.39. The van der Waals surface area contributed by atoms with Gasteiger partial charge in [-0.2, -0.15) is 5.10 Å². The third-order valence-corrected chi connectivity index (χ3v) is 4.83. The van der Waals surface area contributed by atoms with E-state index in [2.05, 4.69) is 10.1 Å². The predicted octanol–water partition coefficient (Wildman–Crippen LogP) is 3.27. The molecule has 134 valence electrons. The minimum atomic E-state index is -0.747. The molecule has 0 saturated carbocycles. The number of halogens is 2. The highest BCUT2D eigenvalue weighted by atomic mass is 19.1. The van der Waals surface area contributed by atoms with Crippen molar-refractivity contribution in [2.45, 2.75) is 18.8 Å². The molecule has 0 radical (unpaired) electrons. The zero-order valence-electron chi connectivity index (χ0n) is 14.3. The Labute approximate surface area is 149 Å². The van der Waals surface area contributed by atoms with E-state index in [1.807, 2.05) is 19.2 Å². The maximum atomic E-state index is 13.4. The SMILES string of the molecule is Cn1nc([C@@H]2CCCN(C(=O)c3cc(F)cc(F)c3)C2)c2cccnc21. The molecule has 5 nitrogen and oxygen atoms in total. The van der Waals surface area contributed by atoms with Gasteiger partial charge in [0.05, 0.1) is 5.69 Å². The van der Waals surface area contributed by atoms with E-state index in [1.54, 1.807) is 15.8 Å². The van der Waals surface area contributed by atoms with Gasteiger partial charge in [0.15, 0.2) is 5.65 Å². The first-order valence-corrected chi connectivity index (χ1v) is 8.56. The van der Waals surface area contributed by atoms with Crippen LogP contribution in [0.3, 0.4) is 0 Å². The van der Waals surface area contributed by atoms with E-state index >= 15 is 0 Å². The largest absolute Gasteiger partial charge is 0.338 e. The quantitative estimate of drug-likeness (QED) is 0.708. The molecule has 3 aromatic rings. The number of rotatable bonds is 2. The van der Waals surface area contributed by atoms with Crippen LogP contribution in [0.5, 0.6) is 0 Å². The number of aromatic nitrogens is 3. The molecule has 1 aliphatic rings. The van der Waals surface area contributed by atoms with Crippen LogP contribution in [0.1, 0.15) is 34.8 Å². The van der Waals surface area contributed by atoms with Crippen LogP contribution in [-0.2, 0) is 7.05 Å². The fraction of sp³-hybridized carbons (Fsp3) is 0.316. The zero-order valence-corrected chi connectivity index (χ0v) is 14.3. The molecule has 0 N–H and O–H groups in total. The topological polar surface area (TPSA) is 51.0 Å². The van der Waals surface area contributed by atoms with Gasteiger partial charge in [-0.25, -0.2) is 13.8 Å². The average Bonchev–Trinajstić information content (AvgIpc) is 2.98. The Kier molecular flexibility index (Phi) is 4.14. The summed E-state index contributed by atoms with van der Waals surface area (Å²) in [7, 11) is 1.85. The molecule has 1 saturated heterocycles. The maximum Gasteiger partial charge on any atom is 0.254 e. The fourth-order valence-electron chi connectivity index (χ4n) is 3.66. The third-order valence-electron chi connectivity index (χ3n) is 4.83. The molecule has 0 aliphatic carbocycles. The van der Waals surface area contributed by atoms with Crippen LogP contribution >= 0.6 is 0 Å². The summed E-state index contributed by atoms with van der Waals surface area (Å²) in [5.41, 5.74) is 1.76. The van der Waals surface area contributed by atoms with Crippen LogP contribution in [-0.4, -0.2) is 38.7 Å². The molecule has 0 spiro atoms. The van der Waals surface area contributed by atoms with Gasteiger partial charge in [0.25, 0.3) is 5.91 Å². The molecular formula is C19H18F2N4O. The number of carbonyl (C=O) groups excluding carboxylic acids is 1. The first kappa shape index (κ1) is 16.6. The highest BCUT2D eigenvalue weighted by molar-refractivity contribution is 5.94. The van der Waals surface area contributed by atoms with Crippen LogP contribution in [0.4, 0.5) is 8.78 Å². The van der Waals surface area contributed by atoms with Crippen molar-refractivity contribution in [2.24, 2.45) is 7.05 Å². The summed E-state index contributed by atoms with van der Waals surface area (Å²) in [5, 5.41) is 5.58. The Morgan fingerprint density at radius 2 is 2.00 bits per heavy atom. The van der Waals surface area contributed by atoms with Gasteiger partial charge in [0.1, 0.15) is 11.6 Å². The summed E-state index contributed by atoms with van der Waals surface area (Å²) in [6.45, 7) is 1.04. The molecule has 1 amide bonds. The van der Waals surface area contributed by atoms with Crippen molar-refractivity contribution in [2.75, 3.05) is 13.1 Å². The van der Waals surface area contributed by atoms with Crippen LogP contribution in [0.25, 0.3) is 11.0 Å². The van der Waals surface area contributed by atoms with E-state index in [0.717, 1.165) is 47.8 Å². The van der Waals surface area contributed by atoms with Crippen LogP contribution in [0, 0.1) is 11.6 Å². The van der Waals surface area contributed by atoms with Crippen molar-refractivity contribution in [1.29, 1.82) is 0 Å². The second kappa shape index (κ2) is 6.48. The first-order valence-electron chi connectivity index (χ1n) is 8.56. The van der Waals surface area contributed by atoms with E-state index in [-0.39, 0.29) is 17.4 Å². The molecule has 7 heteroatoms. The standard InChI is InChI=1S/C19H18F2N4O/c1-24-18-16(5-2-6-22-18)17(23-24)12-4-3-7-25(11-12)19(26)13-8-14(20)10-15(21)9-13/h2,5-6,8-10,12H,3-4,7,11H2,1H3/t12-/m1/s1. The number of likely N-dealkylation sites (tertiary alicyclic amines) is 1. The van der Waals surface area contributed by atoms with Gasteiger partial charge in [-0.3, -0.25) is 9.48 Å². The van der Waals surface area contributed by atoms with Crippen molar-refractivity contribution in [3.05, 3.63) is 59.4 Å². The van der Waals surface area contributed by atoms with Gasteiger partial charge in [0.2, 0.25) is 0 Å². The minimum Gasteiger partial charge on any atom is -0.338 e. The van der Waals surface area contributed by atoms with Crippen molar-refractivity contribution in [1.82, 2.24) is 19.7 Å². The van der Waals surface area contributed by atoms with Gasteiger partial charge in [-0.05, 0) is 37.1 Å². The number of hydrogen-bond donors (Lipinski definition) is 0. The summed E-state index contributed by atoms with van der Waals surface area (Å²) in [6, 6.07) is 6.77. The van der Waals surface area contributed by atoms with Crippen molar-refractivity contribution < 1.29 is 13.6 Å². The lowest BCUT2D eigenvalue weighted by atomic mass is 9.93. The molecular weight excluding hydrogens is 338 g/mol. The smallest absolute Gasteiger partial charge is 0.254 e.